The fraction of sp³-hybridized carbons (Fsp3) is 0.467. The Labute approximate surface area is 124 Å². The smallest absolute Gasteiger partial charge is 0.251 e. The van der Waals surface area contributed by atoms with Crippen molar-refractivity contribution in [2.45, 2.75) is 20.3 Å². The van der Waals surface area contributed by atoms with Crippen LogP contribution in [0.2, 0.25) is 0 Å². The Balaban J connectivity index is 2.76. The highest BCUT2D eigenvalue weighted by molar-refractivity contribution is 5.97. The topological polar surface area (TPSA) is 76.7 Å². The molecule has 0 aliphatic carbocycles. The van der Waals surface area contributed by atoms with E-state index in [0.717, 1.165) is 12.0 Å². The highest BCUT2D eigenvalue weighted by Crippen LogP contribution is 2.29. The van der Waals surface area contributed by atoms with E-state index in [1.165, 1.54) is 14.2 Å². The second-order valence-electron chi connectivity index (χ2n) is 4.54. The van der Waals surface area contributed by atoms with Crippen molar-refractivity contribution in [1.82, 2.24) is 10.6 Å². The summed E-state index contributed by atoms with van der Waals surface area (Å²) in [5.41, 5.74) is 1.20. The summed E-state index contributed by atoms with van der Waals surface area (Å²) in [4.78, 5) is 23.5. The first-order chi connectivity index (χ1) is 10.0. The summed E-state index contributed by atoms with van der Waals surface area (Å²) in [5.74, 6) is 0.569. The SMILES string of the molecule is CCCNC(=O)CNC(=O)c1cc(OC)c(C)c(OC)c1. The van der Waals surface area contributed by atoms with Gasteiger partial charge in [-0.05, 0) is 25.5 Å². The molecule has 0 bridgehead atoms. The summed E-state index contributed by atoms with van der Waals surface area (Å²) in [5, 5.41) is 5.26. The van der Waals surface area contributed by atoms with Gasteiger partial charge in [0, 0.05) is 17.7 Å². The van der Waals surface area contributed by atoms with E-state index in [4.69, 9.17) is 9.47 Å². The average molecular weight is 294 g/mol. The molecule has 1 aromatic rings. The second kappa shape index (κ2) is 8.14. The Hall–Kier alpha value is -2.24. The van der Waals surface area contributed by atoms with Crippen molar-refractivity contribution in [2.24, 2.45) is 0 Å². The van der Waals surface area contributed by atoms with Crippen LogP contribution in [0.25, 0.3) is 0 Å². The van der Waals surface area contributed by atoms with Crippen molar-refractivity contribution in [3.05, 3.63) is 23.3 Å². The van der Waals surface area contributed by atoms with Crippen LogP contribution in [0.1, 0.15) is 29.3 Å². The molecule has 0 unspecified atom stereocenters. The van der Waals surface area contributed by atoms with Gasteiger partial charge in [0.25, 0.3) is 5.91 Å². The summed E-state index contributed by atoms with van der Waals surface area (Å²) >= 11 is 0. The van der Waals surface area contributed by atoms with Crippen LogP contribution in [-0.2, 0) is 4.79 Å². The summed E-state index contributed by atoms with van der Waals surface area (Å²) < 4.78 is 10.4. The molecule has 0 heterocycles. The fourth-order valence-corrected chi connectivity index (χ4v) is 1.81. The molecule has 6 nitrogen and oxygen atoms in total. The highest BCUT2D eigenvalue weighted by atomic mass is 16.5. The normalized spacial score (nSPS) is 9.90. The molecular weight excluding hydrogens is 272 g/mol. The van der Waals surface area contributed by atoms with Crippen molar-refractivity contribution >= 4 is 11.8 Å². The number of ether oxygens (including phenoxy) is 2. The molecule has 0 fully saturated rings. The summed E-state index contributed by atoms with van der Waals surface area (Å²) in [6.07, 6.45) is 0.853. The standard InChI is InChI=1S/C15H22N2O4/c1-5-6-16-14(18)9-17-15(19)11-7-12(20-3)10(2)13(8-11)21-4/h7-8H,5-6,9H2,1-4H3,(H,16,18)(H,17,19). The van der Waals surface area contributed by atoms with Gasteiger partial charge in [0.1, 0.15) is 11.5 Å². The number of hydrogen-bond acceptors (Lipinski definition) is 4. The van der Waals surface area contributed by atoms with Gasteiger partial charge in [-0.1, -0.05) is 6.92 Å². The minimum absolute atomic E-state index is 0.0582. The predicted molar refractivity (Wildman–Crippen MR) is 79.9 cm³/mol. The van der Waals surface area contributed by atoms with Crippen LogP contribution < -0.4 is 20.1 Å². The molecule has 0 aromatic heterocycles. The molecule has 0 aliphatic rings. The fourth-order valence-electron chi connectivity index (χ4n) is 1.81. The average Bonchev–Trinajstić information content (AvgIpc) is 2.50. The molecule has 0 saturated heterocycles. The van der Waals surface area contributed by atoms with Crippen LogP contribution in [0.15, 0.2) is 12.1 Å². The maximum atomic E-state index is 12.1. The molecule has 2 amide bonds. The number of nitrogens with one attached hydrogen (secondary N) is 2. The number of benzene rings is 1. The van der Waals surface area contributed by atoms with Crippen molar-refractivity contribution in [2.75, 3.05) is 27.3 Å². The van der Waals surface area contributed by atoms with E-state index in [1.54, 1.807) is 12.1 Å². The lowest BCUT2D eigenvalue weighted by molar-refractivity contribution is -0.120. The van der Waals surface area contributed by atoms with Gasteiger partial charge in [-0.25, -0.2) is 0 Å². The van der Waals surface area contributed by atoms with Crippen LogP contribution in [0.3, 0.4) is 0 Å². The Kier molecular flexibility index (Phi) is 6.52. The number of carbonyl (C=O) groups is 2. The van der Waals surface area contributed by atoms with Gasteiger partial charge < -0.3 is 20.1 Å². The summed E-state index contributed by atoms with van der Waals surface area (Å²) in [6.45, 7) is 4.35. The van der Waals surface area contributed by atoms with Crippen LogP contribution in [0.5, 0.6) is 11.5 Å². The van der Waals surface area contributed by atoms with E-state index in [0.29, 0.717) is 23.6 Å². The maximum Gasteiger partial charge on any atom is 0.251 e. The van der Waals surface area contributed by atoms with Gasteiger partial charge in [-0.15, -0.1) is 0 Å². The van der Waals surface area contributed by atoms with Crippen LogP contribution >= 0.6 is 0 Å². The molecule has 0 radical (unpaired) electrons. The van der Waals surface area contributed by atoms with Gasteiger partial charge in [0.2, 0.25) is 5.91 Å². The summed E-state index contributed by atoms with van der Waals surface area (Å²) in [6, 6.07) is 3.24. The van der Waals surface area contributed by atoms with Crippen LogP contribution in [-0.4, -0.2) is 39.1 Å². The first kappa shape index (κ1) is 16.8. The molecule has 6 heteroatoms. The molecule has 0 atom stereocenters. The molecule has 0 spiro atoms. The van der Waals surface area contributed by atoms with Crippen LogP contribution in [0, 0.1) is 6.92 Å². The molecule has 2 N–H and O–H groups in total. The zero-order valence-electron chi connectivity index (χ0n) is 12.9. The Morgan fingerprint density at radius 2 is 1.67 bits per heavy atom. The molecule has 116 valence electrons. The summed E-state index contributed by atoms with van der Waals surface area (Å²) in [7, 11) is 3.06. The third-order valence-electron chi connectivity index (χ3n) is 3.00. The Bertz CT molecular complexity index is 489. The van der Waals surface area contributed by atoms with Gasteiger partial charge in [0.05, 0.1) is 20.8 Å². The highest BCUT2D eigenvalue weighted by Gasteiger charge is 2.14. The quantitative estimate of drug-likeness (QED) is 0.794. The lowest BCUT2D eigenvalue weighted by Gasteiger charge is -2.12. The maximum absolute atomic E-state index is 12.1. The Morgan fingerprint density at radius 1 is 1.10 bits per heavy atom. The van der Waals surface area contributed by atoms with Crippen molar-refractivity contribution in [1.29, 1.82) is 0 Å². The van der Waals surface area contributed by atoms with E-state index < -0.39 is 0 Å². The van der Waals surface area contributed by atoms with Crippen molar-refractivity contribution in [3.63, 3.8) is 0 Å². The lowest BCUT2D eigenvalue weighted by Crippen LogP contribution is -2.37. The van der Waals surface area contributed by atoms with E-state index in [-0.39, 0.29) is 18.4 Å². The van der Waals surface area contributed by atoms with E-state index in [2.05, 4.69) is 10.6 Å². The first-order valence-corrected chi connectivity index (χ1v) is 6.81. The number of rotatable bonds is 7. The number of carbonyl (C=O) groups excluding carboxylic acids is 2. The minimum Gasteiger partial charge on any atom is -0.496 e. The van der Waals surface area contributed by atoms with E-state index in [9.17, 15) is 9.59 Å². The van der Waals surface area contributed by atoms with Gasteiger partial charge in [0.15, 0.2) is 0 Å². The molecule has 21 heavy (non-hydrogen) atoms. The largest absolute Gasteiger partial charge is 0.496 e. The van der Waals surface area contributed by atoms with Gasteiger partial charge >= 0.3 is 0 Å². The molecular formula is C15H22N2O4. The third kappa shape index (κ3) is 4.66. The first-order valence-electron chi connectivity index (χ1n) is 6.81. The van der Waals surface area contributed by atoms with E-state index >= 15 is 0 Å². The minimum atomic E-state index is -0.349. The van der Waals surface area contributed by atoms with Crippen LogP contribution in [0.4, 0.5) is 0 Å². The predicted octanol–water partition coefficient (Wildman–Crippen LogP) is 1.27. The Morgan fingerprint density at radius 3 is 2.14 bits per heavy atom. The van der Waals surface area contributed by atoms with Gasteiger partial charge in [-0.3, -0.25) is 9.59 Å². The van der Waals surface area contributed by atoms with Gasteiger partial charge in [-0.2, -0.15) is 0 Å². The molecule has 0 aliphatic heterocycles. The molecule has 0 saturated carbocycles. The zero-order valence-corrected chi connectivity index (χ0v) is 12.9. The number of hydrogen-bond donors (Lipinski definition) is 2. The van der Waals surface area contributed by atoms with Crippen molar-refractivity contribution in [3.8, 4) is 11.5 Å². The number of amides is 2. The lowest BCUT2D eigenvalue weighted by atomic mass is 10.1. The number of methoxy groups -OCH3 is 2. The monoisotopic (exact) mass is 294 g/mol. The van der Waals surface area contributed by atoms with Crippen molar-refractivity contribution < 1.29 is 19.1 Å². The zero-order chi connectivity index (χ0) is 15.8. The second-order valence-corrected chi connectivity index (χ2v) is 4.54. The molecule has 1 rings (SSSR count). The third-order valence-corrected chi connectivity index (χ3v) is 3.00. The van der Waals surface area contributed by atoms with E-state index in [1.807, 2.05) is 13.8 Å². The molecule has 1 aromatic carbocycles.